The molecule has 2 aromatic rings. The van der Waals surface area contributed by atoms with E-state index in [1.165, 1.54) is 7.11 Å². The lowest BCUT2D eigenvalue weighted by atomic mass is 9.92. The fourth-order valence-electron chi connectivity index (χ4n) is 3.31. The van der Waals surface area contributed by atoms with Crippen LogP contribution in [0.15, 0.2) is 36.7 Å². The molecular formula is C18H17ClN2O4. The second kappa shape index (κ2) is 6.72. The van der Waals surface area contributed by atoms with Gasteiger partial charge in [0.05, 0.1) is 18.6 Å². The number of aliphatic carboxylic acids is 1. The molecule has 1 amide bonds. The Balaban J connectivity index is 2.12. The van der Waals surface area contributed by atoms with Crippen molar-refractivity contribution in [3.63, 3.8) is 0 Å². The number of amides is 1. The molecule has 1 aliphatic rings. The van der Waals surface area contributed by atoms with Gasteiger partial charge in [-0.15, -0.1) is 0 Å². The summed E-state index contributed by atoms with van der Waals surface area (Å²) in [7, 11) is 1.50. The first kappa shape index (κ1) is 17.2. The Kier molecular flexibility index (Phi) is 4.63. The second-order valence-corrected chi connectivity index (χ2v) is 6.25. The maximum Gasteiger partial charge on any atom is 0.304 e. The number of fused-ring (bicyclic) bond motifs is 1. The lowest BCUT2D eigenvalue weighted by Crippen LogP contribution is -2.37. The lowest BCUT2D eigenvalue weighted by Gasteiger charge is -2.25. The number of halogens is 1. The number of pyridine rings is 1. The SMILES string of the molecule is COc1ccc2c(c1Cl)C(CC(=O)O)C(C)N2C(=O)c1ccncc1. The monoisotopic (exact) mass is 360 g/mol. The summed E-state index contributed by atoms with van der Waals surface area (Å²) < 4.78 is 5.25. The van der Waals surface area contributed by atoms with E-state index in [0.717, 1.165) is 0 Å². The number of rotatable bonds is 4. The molecule has 2 heterocycles. The van der Waals surface area contributed by atoms with Crippen molar-refractivity contribution in [2.24, 2.45) is 0 Å². The molecule has 1 aromatic carbocycles. The molecule has 0 aliphatic carbocycles. The third-order valence-corrected chi connectivity index (χ3v) is 4.89. The third kappa shape index (κ3) is 2.93. The standard InChI is InChI=1S/C18H17ClN2O4/c1-10-12(9-15(22)23)16-13(3-4-14(25-2)17(16)19)21(10)18(24)11-5-7-20-8-6-11/h3-8,10,12H,9H2,1-2H3,(H,22,23). The fraction of sp³-hybridized carbons (Fsp3) is 0.278. The number of carbonyl (C=O) groups is 2. The highest BCUT2D eigenvalue weighted by molar-refractivity contribution is 6.33. The summed E-state index contributed by atoms with van der Waals surface area (Å²) in [6.45, 7) is 1.83. The van der Waals surface area contributed by atoms with E-state index < -0.39 is 11.9 Å². The molecule has 0 radical (unpaired) electrons. The van der Waals surface area contributed by atoms with Crippen LogP contribution in [0.25, 0.3) is 0 Å². The predicted octanol–water partition coefficient (Wildman–Crippen LogP) is 3.35. The van der Waals surface area contributed by atoms with Crippen LogP contribution in [0.2, 0.25) is 5.02 Å². The Morgan fingerprint density at radius 3 is 2.56 bits per heavy atom. The Morgan fingerprint density at radius 1 is 1.28 bits per heavy atom. The van der Waals surface area contributed by atoms with Crippen LogP contribution < -0.4 is 9.64 Å². The second-order valence-electron chi connectivity index (χ2n) is 5.87. The van der Waals surface area contributed by atoms with Gasteiger partial charge in [-0.25, -0.2) is 0 Å². The molecule has 1 aromatic heterocycles. The highest BCUT2D eigenvalue weighted by Crippen LogP contribution is 2.49. The molecule has 0 fully saturated rings. The maximum absolute atomic E-state index is 13.0. The number of aromatic nitrogens is 1. The van der Waals surface area contributed by atoms with Gasteiger partial charge in [0.2, 0.25) is 0 Å². The zero-order valence-electron chi connectivity index (χ0n) is 13.8. The summed E-state index contributed by atoms with van der Waals surface area (Å²) in [5, 5.41) is 9.64. The average Bonchev–Trinajstić information content (AvgIpc) is 2.87. The summed E-state index contributed by atoms with van der Waals surface area (Å²) in [6.07, 6.45) is 2.97. The minimum absolute atomic E-state index is 0.124. The molecule has 2 atom stereocenters. The molecule has 130 valence electrons. The number of carboxylic acids is 1. The minimum Gasteiger partial charge on any atom is -0.495 e. The topological polar surface area (TPSA) is 79.7 Å². The summed E-state index contributed by atoms with van der Waals surface area (Å²) in [6, 6.07) is 6.34. The van der Waals surface area contributed by atoms with Gasteiger partial charge in [-0.05, 0) is 31.2 Å². The van der Waals surface area contributed by atoms with Crippen molar-refractivity contribution < 1.29 is 19.4 Å². The number of methoxy groups -OCH3 is 1. The number of hydrogen-bond donors (Lipinski definition) is 1. The largest absolute Gasteiger partial charge is 0.495 e. The molecule has 2 unspecified atom stereocenters. The molecule has 0 saturated heterocycles. The predicted molar refractivity (Wildman–Crippen MR) is 93.5 cm³/mol. The summed E-state index contributed by atoms with van der Waals surface area (Å²) in [5.74, 6) is -1.12. The fourth-order valence-corrected chi connectivity index (χ4v) is 3.69. The highest BCUT2D eigenvalue weighted by atomic mass is 35.5. The molecule has 1 N–H and O–H groups in total. The van der Waals surface area contributed by atoms with Crippen molar-refractivity contribution in [3.05, 3.63) is 52.8 Å². The van der Waals surface area contributed by atoms with E-state index in [4.69, 9.17) is 16.3 Å². The number of nitrogens with zero attached hydrogens (tertiary/aromatic N) is 2. The molecule has 0 bridgehead atoms. The van der Waals surface area contributed by atoms with Gasteiger partial charge in [0.15, 0.2) is 0 Å². The number of hydrogen-bond acceptors (Lipinski definition) is 4. The smallest absolute Gasteiger partial charge is 0.304 e. The average molecular weight is 361 g/mol. The van der Waals surface area contributed by atoms with Crippen molar-refractivity contribution in [1.29, 1.82) is 0 Å². The molecule has 7 heteroatoms. The van der Waals surface area contributed by atoms with E-state index in [0.29, 0.717) is 27.6 Å². The van der Waals surface area contributed by atoms with Crippen molar-refractivity contribution >= 4 is 29.2 Å². The summed E-state index contributed by atoms with van der Waals surface area (Å²) in [5.41, 5.74) is 1.74. The molecule has 0 saturated carbocycles. The zero-order chi connectivity index (χ0) is 18.1. The molecular weight excluding hydrogens is 344 g/mol. The van der Waals surface area contributed by atoms with Crippen LogP contribution in [0, 0.1) is 0 Å². The minimum atomic E-state index is -0.945. The van der Waals surface area contributed by atoms with Gasteiger partial charge in [0, 0.05) is 41.2 Å². The molecule has 6 nitrogen and oxygen atoms in total. The van der Waals surface area contributed by atoms with Gasteiger partial charge < -0.3 is 14.7 Å². The van der Waals surface area contributed by atoms with Crippen molar-refractivity contribution in [1.82, 2.24) is 4.98 Å². The molecule has 0 spiro atoms. The van der Waals surface area contributed by atoms with Crippen LogP contribution >= 0.6 is 11.6 Å². The van der Waals surface area contributed by atoms with Gasteiger partial charge in [0.25, 0.3) is 5.91 Å². The van der Waals surface area contributed by atoms with E-state index >= 15 is 0 Å². The molecule has 3 rings (SSSR count). The van der Waals surface area contributed by atoms with E-state index in [2.05, 4.69) is 4.98 Å². The lowest BCUT2D eigenvalue weighted by molar-refractivity contribution is -0.137. The van der Waals surface area contributed by atoms with E-state index in [9.17, 15) is 14.7 Å². The number of ether oxygens (including phenoxy) is 1. The number of anilines is 1. The Morgan fingerprint density at radius 2 is 1.96 bits per heavy atom. The van der Waals surface area contributed by atoms with Gasteiger partial charge in [-0.3, -0.25) is 14.6 Å². The van der Waals surface area contributed by atoms with Crippen LogP contribution in [-0.2, 0) is 4.79 Å². The number of carboxylic acid groups (broad SMARTS) is 1. The maximum atomic E-state index is 13.0. The Bertz CT molecular complexity index is 825. The Labute approximate surface area is 150 Å². The first-order chi connectivity index (χ1) is 12.0. The number of benzene rings is 1. The highest BCUT2D eigenvalue weighted by Gasteiger charge is 2.42. The van der Waals surface area contributed by atoms with Crippen LogP contribution in [-0.4, -0.2) is 35.1 Å². The van der Waals surface area contributed by atoms with Crippen molar-refractivity contribution in [3.8, 4) is 5.75 Å². The van der Waals surface area contributed by atoms with E-state index in [1.54, 1.807) is 41.6 Å². The third-order valence-electron chi connectivity index (χ3n) is 4.50. The Hall–Kier alpha value is -2.60. The summed E-state index contributed by atoms with van der Waals surface area (Å²) >= 11 is 6.45. The quantitative estimate of drug-likeness (QED) is 0.904. The van der Waals surface area contributed by atoms with Crippen LogP contribution in [0.5, 0.6) is 5.75 Å². The molecule has 25 heavy (non-hydrogen) atoms. The molecule has 1 aliphatic heterocycles. The number of carbonyl (C=O) groups excluding carboxylic acids is 1. The van der Waals surface area contributed by atoms with Gasteiger partial charge >= 0.3 is 5.97 Å². The zero-order valence-corrected chi connectivity index (χ0v) is 14.5. The van der Waals surface area contributed by atoms with Crippen LogP contribution in [0.4, 0.5) is 5.69 Å². The first-order valence-corrected chi connectivity index (χ1v) is 8.15. The van der Waals surface area contributed by atoms with E-state index in [1.807, 2.05) is 6.92 Å². The van der Waals surface area contributed by atoms with Crippen molar-refractivity contribution in [2.45, 2.75) is 25.3 Å². The van der Waals surface area contributed by atoms with Crippen molar-refractivity contribution in [2.75, 3.05) is 12.0 Å². The van der Waals surface area contributed by atoms with Gasteiger partial charge in [0.1, 0.15) is 5.75 Å². The normalized spacial score (nSPS) is 18.8. The van der Waals surface area contributed by atoms with Gasteiger partial charge in [-0.1, -0.05) is 11.6 Å². The van der Waals surface area contributed by atoms with E-state index in [-0.39, 0.29) is 18.4 Å². The van der Waals surface area contributed by atoms with Crippen LogP contribution in [0.3, 0.4) is 0 Å². The van der Waals surface area contributed by atoms with Crippen LogP contribution in [0.1, 0.15) is 35.2 Å². The first-order valence-electron chi connectivity index (χ1n) is 7.77. The van der Waals surface area contributed by atoms with Gasteiger partial charge in [-0.2, -0.15) is 0 Å². The summed E-state index contributed by atoms with van der Waals surface area (Å²) in [4.78, 5) is 29.9.